The quantitative estimate of drug-likeness (QED) is 0.646. The molecular weight excluding hydrogens is 304 g/mol. The summed E-state index contributed by atoms with van der Waals surface area (Å²) in [4.78, 5) is 24.0. The van der Waals surface area contributed by atoms with Crippen LogP contribution in [0.4, 0.5) is 0 Å². The summed E-state index contributed by atoms with van der Waals surface area (Å²) in [7, 11) is 1.64. The fourth-order valence-electron chi connectivity index (χ4n) is 2.78. The molecule has 5 heteroatoms. The van der Waals surface area contributed by atoms with Crippen molar-refractivity contribution in [2.45, 2.75) is 39.0 Å². The Morgan fingerprint density at radius 1 is 1.12 bits per heavy atom. The molecule has 2 amide bonds. The molecule has 0 aromatic heterocycles. The summed E-state index contributed by atoms with van der Waals surface area (Å²) in [5, 5.41) is 5.86. The van der Waals surface area contributed by atoms with E-state index in [-0.39, 0.29) is 23.7 Å². The summed E-state index contributed by atoms with van der Waals surface area (Å²) in [6.07, 6.45) is 4.69. The lowest BCUT2D eigenvalue weighted by Gasteiger charge is -2.07. The molecule has 2 unspecified atom stereocenters. The first kappa shape index (κ1) is 18.3. The summed E-state index contributed by atoms with van der Waals surface area (Å²) < 4.78 is 5.19. The fraction of sp³-hybridized carbons (Fsp3) is 0.579. The van der Waals surface area contributed by atoms with Gasteiger partial charge in [0.05, 0.1) is 18.9 Å². The van der Waals surface area contributed by atoms with Crippen LogP contribution in [0, 0.1) is 11.8 Å². The van der Waals surface area contributed by atoms with E-state index in [9.17, 15) is 9.59 Å². The van der Waals surface area contributed by atoms with Gasteiger partial charge in [0.25, 0.3) is 0 Å². The van der Waals surface area contributed by atoms with Gasteiger partial charge in [-0.3, -0.25) is 9.59 Å². The molecule has 1 aromatic rings. The zero-order valence-corrected chi connectivity index (χ0v) is 14.6. The number of nitrogens with one attached hydrogen (secondary N) is 2. The summed E-state index contributed by atoms with van der Waals surface area (Å²) in [6, 6.07) is 7.82. The molecule has 5 nitrogen and oxygen atoms in total. The van der Waals surface area contributed by atoms with Crippen LogP contribution in [-0.2, 0) is 16.0 Å². The Bertz CT molecular complexity index is 559. The highest BCUT2D eigenvalue weighted by Crippen LogP contribution is 2.38. The minimum absolute atomic E-state index is 0.00777. The van der Waals surface area contributed by atoms with Crippen molar-refractivity contribution >= 4 is 11.8 Å². The minimum Gasteiger partial charge on any atom is -0.497 e. The molecule has 0 saturated heterocycles. The molecule has 1 saturated carbocycles. The second-order valence-corrected chi connectivity index (χ2v) is 6.34. The number of methoxy groups -OCH3 is 1. The van der Waals surface area contributed by atoms with E-state index >= 15 is 0 Å². The third-order valence-electron chi connectivity index (χ3n) is 4.39. The van der Waals surface area contributed by atoms with E-state index in [1.54, 1.807) is 7.11 Å². The number of carbonyl (C=O) groups excluding carboxylic acids is 2. The van der Waals surface area contributed by atoms with Gasteiger partial charge in [-0.15, -0.1) is 0 Å². The number of carbonyl (C=O) groups is 2. The predicted molar refractivity (Wildman–Crippen MR) is 93.8 cm³/mol. The van der Waals surface area contributed by atoms with Gasteiger partial charge in [0.15, 0.2) is 0 Å². The average Bonchev–Trinajstić information content (AvgIpc) is 3.39. The van der Waals surface area contributed by atoms with E-state index in [2.05, 4.69) is 17.6 Å². The maximum Gasteiger partial charge on any atom is 0.223 e. The summed E-state index contributed by atoms with van der Waals surface area (Å²) in [6.45, 7) is 3.43. The highest BCUT2D eigenvalue weighted by atomic mass is 16.5. The molecule has 2 atom stereocenters. The van der Waals surface area contributed by atoms with Crippen LogP contribution < -0.4 is 15.4 Å². The second-order valence-electron chi connectivity index (χ2n) is 6.34. The number of hydrogen-bond donors (Lipinski definition) is 2. The summed E-state index contributed by atoms with van der Waals surface area (Å²) >= 11 is 0. The maximum absolute atomic E-state index is 12.1. The van der Waals surface area contributed by atoms with Crippen LogP contribution in [0.15, 0.2) is 24.3 Å². The number of unbranched alkanes of at least 4 members (excludes halogenated alkanes) is 2. The summed E-state index contributed by atoms with van der Waals surface area (Å²) in [5.74, 6) is 0.552. The van der Waals surface area contributed by atoms with Crippen molar-refractivity contribution in [1.29, 1.82) is 0 Å². The molecule has 1 aliphatic carbocycles. The molecule has 1 aromatic carbocycles. The largest absolute Gasteiger partial charge is 0.497 e. The molecule has 0 radical (unpaired) electrons. The predicted octanol–water partition coefficient (Wildman–Crippen LogP) is 2.30. The molecule has 0 spiro atoms. The highest BCUT2D eigenvalue weighted by molar-refractivity contribution is 5.92. The Labute approximate surface area is 144 Å². The van der Waals surface area contributed by atoms with Crippen molar-refractivity contribution in [3.05, 3.63) is 29.8 Å². The van der Waals surface area contributed by atoms with E-state index in [0.29, 0.717) is 19.5 Å². The van der Waals surface area contributed by atoms with Crippen LogP contribution in [0.1, 0.15) is 38.2 Å². The van der Waals surface area contributed by atoms with Crippen molar-refractivity contribution in [2.75, 3.05) is 20.2 Å². The first-order chi connectivity index (χ1) is 11.7. The fourth-order valence-corrected chi connectivity index (χ4v) is 2.78. The van der Waals surface area contributed by atoms with Gasteiger partial charge in [0, 0.05) is 13.1 Å². The number of amides is 2. The van der Waals surface area contributed by atoms with Gasteiger partial charge in [-0.25, -0.2) is 0 Å². The SMILES string of the molecule is CCCCCNC(=O)C1CC1C(=O)NCCc1cccc(OC)c1. The van der Waals surface area contributed by atoms with Gasteiger partial charge in [-0.1, -0.05) is 31.9 Å². The van der Waals surface area contributed by atoms with Gasteiger partial charge in [-0.2, -0.15) is 0 Å². The first-order valence-corrected chi connectivity index (χ1v) is 8.84. The van der Waals surface area contributed by atoms with E-state index in [1.165, 1.54) is 0 Å². The Balaban J connectivity index is 1.64. The molecule has 132 valence electrons. The highest BCUT2D eigenvalue weighted by Gasteiger charge is 2.47. The minimum atomic E-state index is -0.151. The number of ether oxygens (including phenoxy) is 1. The lowest BCUT2D eigenvalue weighted by molar-refractivity contribution is -0.127. The molecule has 1 aliphatic rings. The standard InChI is InChI=1S/C19H28N2O3/c1-3-4-5-10-20-18(22)16-13-17(16)19(23)21-11-9-14-7-6-8-15(12-14)24-2/h6-8,12,16-17H,3-5,9-11,13H2,1-2H3,(H,20,22)(H,21,23). The van der Waals surface area contributed by atoms with Crippen molar-refractivity contribution in [2.24, 2.45) is 11.8 Å². The average molecular weight is 332 g/mol. The monoisotopic (exact) mass is 332 g/mol. The van der Waals surface area contributed by atoms with Crippen LogP contribution in [0.3, 0.4) is 0 Å². The zero-order chi connectivity index (χ0) is 17.4. The van der Waals surface area contributed by atoms with Crippen molar-refractivity contribution in [3.8, 4) is 5.75 Å². The van der Waals surface area contributed by atoms with Crippen LogP contribution in [0.25, 0.3) is 0 Å². The number of hydrogen-bond acceptors (Lipinski definition) is 3. The van der Waals surface area contributed by atoms with Gasteiger partial charge < -0.3 is 15.4 Å². The third kappa shape index (κ3) is 5.55. The van der Waals surface area contributed by atoms with Gasteiger partial charge >= 0.3 is 0 Å². The van der Waals surface area contributed by atoms with E-state index in [4.69, 9.17) is 4.74 Å². The molecule has 2 N–H and O–H groups in total. The normalized spacial score (nSPS) is 18.8. The third-order valence-corrected chi connectivity index (χ3v) is 4.39. The molecule has 0 aliphatic heterocycles. The smallest absolute Gasteiger partial charge is 0.223 e. The molecule has 1 fully saturated rings. The molecule has 0 bridgehead atoms. The van der Waals surface area contributed by atoms with Gasteiger partial charge in [0.1, 0.15) is 5.75 Å². The van der Waals surface area contributed by atoms with Crippen molar-refractivity contribution in [1.82, 2.24) is 10.6 Å². The van der Waals surface area contributed by atoms with Crippen LogP contribution in [0.2, 0.25) is 0 Å². The summed E-state index contributed by atoms with van der Waals surface area (Å²) in [5.41, 5.74) is 1.12. The first-order valence-electron chi connectivity index (χ1n) is 8.84. The number of rotatable bonds is 10. The second kappa shape index (κ2) is 9.30. The van der Waals surface area contributed by atoms with Crippen LogP contribution in [-0.4, -0.2) is 32.0 Å². The van der Waals surface area contributed by atoms with E-state index in [1.807, 2.05) is 24.3 Å². The Morgan fingerprint density at radius 3 is 2.50 bits per heavy atom. The Morgan fingerprint density at radius 2 is 1.83 bits per heavy atom. The Kier molecular flexibility index (Phi) is 7.09. The Hall–Kier alpha value is -2.04. The molecule has 24 heavy (non-hydrogen) atoms. The van der Waals surface area contributed by atoms with Crippen molar-refractivity contribution < 1.29 is 14.3 Å². The topological polar surface area (TPSA) is 67.4 Å². The molecule has 2 rings (SSSR count). The van der Waals surface area contributed by atoms with Crippen LogP contribution in [0.5, 0.6) is 5.75 Å². The maximum atomic E-state index is 12.1. The van der Waals surface area contributed by atoms with Crippen LogP contribution >= 0.6 is 0 Å². The lowest BCUT2D eigenvalue weighted by Crippen LogP contribution is -2.31. The van der Waals surface area contributed by atoms with E-state index in [0.717, 1.165) is 37.0 Å². The molecular formula is C19H28N2O3. The van der Waals surface area contributed by atoms with E-state index < -0.39 is 0 Å². The lowest BCUT2D eigenvalue weighted by atomic mass is 10.1. The van der Waals surface area contributed by atoms with Gasteiger partial charge in [0.2, 0.25) is 11.8 Å². The van der Waals surface area contributed by atoms with Gasteiger partial charge in [-0.05, 0) is 37.0 Å². The van der Waals surface area contributed by atoms with Crippen molar-refractivity contribution in [3.63, 3.8) is 0 Å². The number of benzene rings is 1. The molecule has 0 heterocycles. The zero-order valence-electron chi connectivity index (χ0n) is 14.6.